The van der Waals surface area contributed by atoms with Gasteiger partial charge in [-0.15, -0.1) is 5.10 Å². The summed E-state index contributed by atoms with van der Waals surface area (Å²) >= 11 is 0. The minimum atomic E-state index is 0.402. The summed E-state index contributed by atoms with van der Waals surface area (Å²) in [5.74, 6) is 1.09. The molecule has 7 nitrogen and oxygen atoms in total. The van der Waals surface area contributed by atoms with Crippen LogP contribution >= 0.6 is 0 Å². The second kappa shape index (κ2) is 5.21. The van der Waals surface area contributed by atoms with E-state index in [1.807, 2.05) is 30.3 Å². The first kappa shape index (κ1) is 11.3. The lowest BCUT2D eigenvalue weighted by atomic mass is 10.2. The maximum atomic E-state index is 4.25. The van der Waals surface area contributed by atoms with Gasteiger partial charge in [0.25, 0.3) is 5.95 Å². The molecule has 3 aromatic rings. The van der Waals surface area contributed by atoms with E-state index < -0.39 is 0 Å². The van der Waals surface area contributed by atoms with Crippen LogP contribution in [0.2, 0.25) is 0 Å². The summed E-state index contributed by atoms with van der Waals surface area (Å²) in [7, 11) is 0. The van der Waals surface area contributed by atoms with Crippen molar-refractivity contribution >= 4 is 12.2 Å². The third-order valence-electron chi connectivity index (χ3n) is 2.43. The van der Waals surface area contributed by atoms with Gasteiger partial charge in [0.1, 0.15) is 25.0 Å². The Morgan fingerprint density at radius 1 is 1.26 bits per heavy atom. The van der Waals surface area contributed by atoms with Crippen molar-refractivity contribution in [3.8, 4) is 0 Å². The van der Waals surface area contributed by atoms with Crippen molar-refractivity contribution in [3.63, 3.8) is 0 Å². The highest BCUT2D eigenvalue weighted by molar-refractivity contribution is 5.80. The van der Waals surface area contributed by atoms with Crippen molar-refractivity contribution in [1.29, 1.82) is 0 Å². The molecular weight excluding hydrogens is 242 g/mol. The van der Waals surface area contributed by atoms with Gasteiger partial charge in [-0.25, -0.2) is 14.7 Å². The van der Waals surface area contributed by atoms with E-state index >= 15 is 0 Å². The molecule has 94 valence electrons. The number of nitrogens with zero attached hydrogens (tertiary/aromatic N) is 6. The van der Waals surface area contributed by atoms with Gasteiger partial charge in [-0.3, -0.25) is 5.10 Å². The first-order valence-electron chi connectivity index (χ1n) is 5.73. The van der Waals surface area contributed by atoms with Crippen molar-refractivity contribution in [2.24, 2.45) is 4.99 Å². The Hall–Kier alpha value is -2.83. The molecule has 0 aliphatic carbocycles. The van der Waals surface area contributed by atoms with E-state index in [0.717, 1.165) is 5.56 Å². The fourth-order valence-electron chi connectivity index (χ4n) is 1.55. The van der Waals surface area contributed by atoms with Gasteiger partial charge in [0.15, 0.2) is 0 Å². The molecule has 0 fully saturated rings. The maximum absolute atomic E-state index is 4.25. The predicted molar refractivity (Wildman–Crippen MR) is 69.2 cm³/mol. The highest BCUT2D eigenvalue weighted by atomic mass is 15.3. The predicted octanol–water partition coefficient (Wildman–Crippen LogP) is 1.20. The number of aromatic amines is 1. The van der Waals surface area contributed by atoms with Gasteiger partial charge < -0.3 is 0 Å². The second-order valence-electron chi connectivity index (χ2n) is 3.84. The lowest BCUT2D eigenvalue weighted by Gasteiger charge is -1.93. The topological polar surface area (TPSA) is 84.6 Å². The fourth-order valence-corrected chi connectivity index (χ4v) is 1.55. The number of H-pyrrole nitrogens is 1. The molecule has 7 heteroatoms. The van der Waals surface area contributed by atoms with Gasteiger partial charge >= 0.3 is 0 Å². The Labute approximate surface area is 109 Å². The molecule has 0 spiro atoms. The van der Waals surface area contributed by atoms with Crippen LogP contribution in [0.3, 0.4) is 0 Å². The molecule has 19 heavy (non-hydrogen) atoms. The number of aromatic nitrogens is 6. The van der Waals surface area contributed by atoms with Crippen LogP contribution in [0.1, 0.15) is 11.4 Å². The maximum Gasteiger partial charge on any atom is 0.268 e. The Balaban J connectivity index is 1.70. The Morgan fingerprint density at radius 2 is 2.16 bits per heavy atom. The molecular formula is C12H11N7. The van der Waals surface area contributed by atoms with Crippen LogP contribution < -0.4 is 0 Å². The molecule has 0 amide bonds. The van der Waals surface area contributed by atoms with E-state index in [4.69, 9.17) is 0 Å². The number of nitrogens with one attached hydrogen (secondary N) is 1. The molecule has 2 aromatic heterocycles. The standard InChI is InChI=1S/C12H11N7/c1-2-4-10(5-3-1)6-14-12-16-11(17-18-12)7-19-9-13-8-15-19/h1-6,8-9H,7H2,(H,16,17,18). The van der Waals surface area contributed by atoms with Gasteiger partial charge in [-0.05, 0) is 5.56 Å². The van der Waals surface area contributed by atoms with Crippen molar-refractivity contribution in [1.82, 2.24) is 29.9 Å². The van der Waals surface area contributed by atoms with Gasteiger partial charge in [0.2, 0.25) is 0 Å². The van der Waals surface area contributed by atoms with E-state index in [9.17, 15) is 0 Å². The Bertz CT molecular complexity index is 654. The normalized spacial score (nSPS) is 11.2. The first-order valence-corrected chi connectivity index (χ1v) is 5.73. The zero-order valence-electron chi connectivity index (χ0n) is 10.0. The number of rotatable bonds is 4. The van der Waals surface area contributed by atoms with E-state index in [0.29, 0.717) is 18.3 Å². The number of aliphatic imine (C=N–C) groups is 1. The van der Waals surface area contributed by atoms with Crippen LogP contribution in [0, 0.1) is 0 Å². The van der Waals surface area contributed by atoms with E-state index in [1.54, 1.807) is 17.2 Å². The molecule has 3 rings (SSSR count). The summed E-state index contributed by atoms with van der Waals surface area (Å²) in [5, 5.41) is 10.8. The second-order valence-corrected chi connectivity index (χ2v) is 3.84. The lowest BCUT2D eigenvalue weighted by molar-refractivity contribution is 0.656. The Kier molecular flexibility index (Phi) is 3.09. The number of hydrogen-bond donors (Lipinski definition) is 1. The summed E-state index contributed by atoms with van der Waals surface area (Å²) in [6.07, 6.45) is 4.82. The highest BCUT2D eigenvalue weighted by Gasteiger charge is 2.02. The van der Waals surface area contributed by atoms with Gasteiger partial charge in [-0.1, -0.05) is 30.3 Å². The molecule has 0 atom stereocenters. The van der Waals surface area contributed by atoms with Crippen LogP contribution in [-0.2, 0) is 6.54 Å². The summed E-state index contributed by atoms with van der Waals surface area (Å²) in [4.78, 5) is 12.3. The first-order chi connectivity index (χ1) is 9.40. The van der Waals surface area contributed by atoms with Crippen LogP contribution in [-0.4, -0.2) is 36.2 Å². The summed E-state index contributed by atoms with van der Waals surface area (Å²) in [6, 6.07) is 9.80. The molecule has 0 saturated carbocycles. The largest absolute Gasteiger partial charge is 0.268 e. The third kappa shape index (κ3) is 2.89. The minimum Gasteiger partial charge on any atom is -0.259 e. The van der Waals surface area contributed by atoms with Crippen molar-refractivity contribution in [2.45, 2.75) is 6.54 Å². The van der Waals surface area contributed by atoms with E-state index in [2.05, 4.69) is 30.3 Å². The average Bonchev–Trinajstić information content (AvgIpc) is 3.10. The third-order valence-corrected chi connectivity index (χ3v) is 2.43. The molecule has 1 aromatic carbocycles. The Morgan fingerprint density at radius 3 is 2.95 bits per heavy atom. The summed E-state index contributed by atoms with van der Waals surface area (Å²) in [5.41, 5.74) is 1.00. The van der Waals surface area contributed by atoms with Crippen molar-refractivity contribution in [3.05, 3.63) is 54.4 Å². The van der Waals surface area contributed by atoms with E-state index in [-0.39, 0.29) is 0 Å². The molecule has 0 saturated heterocycles. The molecule has 0 radical (unpaired) electrons. The zero-order chi connectivity index (χ0) is 12.9. The van der Waals surface area contributed by atoms with Gasteiger partial charge in [-0.2, -0.15) is 10.1 Å². The minimum absolute atomic E-state index is 0.402. The lowest BCUT2D eigenvalue weighted by Crippen LogP contribution is -2.01. The highest BCUT2D eigenvalue weighted by Crippen LogP contribution is 2.04. The SMILES string of the molecule is C(=Nc1n[nH]c(Cn2cncn2)n1)c1ccccc1. The van der Waals surface area contributed by atoms with Crippen molar-refractivity contribution in [2.75, 3.05) is 0 Å². The number of hydrogen-bond acceptors (Lipinski definition) is 5. The van der Waals surface area contributed by atoms with Crippen LogP contribution in [0.15, 0.2) is 48.0 Å². The fraction of sp³-hybridized carbons (Fsp3) is 0.0833. The molecule has 0 aliphatic rings. The zero-order valence-corrected chi connectivity index (χ0v) is 10.0. The van der Waals surface area contributed by atoms with Crippen LogP contribution in [0.25, 0.3) is 0 Å². The van der Waals surface area contributed by atoms with E-state index in [1.165, 1.54) is 6.33 Å². The van der Waals surface area contributed by atoms with Gasteiger partial charge in [0.05, 0.1) is 0 Å². The van der Waals surface area contributed by atoms with Crippen LogP contribution in [0.4, 0.5) is 5.95 Å². The quantitative estimate of drug-likeness (QED) is 0.708. The monoisotopic (exact) mass is 253 g/mol. The molecule has 0 unspecified atom stereocenters. The molecule has 1 N–H and O–H groups in total. The van der Waals surface area contributed by atoms with Gasteiger partial charge in [0, 0.05) is 6.21 Å². The smallest absolute Gasteiger partial charge is 0.259 e. The summed E-state index contributed by atoms with van der Waals surface area (Å²) < 4.78 is 1.66. The van der Waals surface area contributed by atoms with Crippen molar-refractivity contribution < 1.29 is 0 Å². The number of benzene rings is 1. The summed E-state index contributed by atoms with van der Waals surface area (Å²) in [6.45, 7) is 0.494. The molecule has 0 aliphatic heterocycles. The average molecular weight is 253 g/mol. The molecule has 2 heterocycles. The molecule has 0 bridgehead atoms. The van der Waals surface area contributed by atoms with Crippen LogP contribution in [0.5, 0.6) is 0 Å².